The summed E-state index contributed by atoms with van der Waals surface area (Å²) in [7, 11) is 1.67. The maximum atomic E-state index is 5.24. The van der Waals surface area contributed by atoms with E-state index in [1.54, 1.807) is 30.2 Å². The minimum Gasteiger partial charge on any atom is -0.497 e. The van der Waals surface area contributed by atoms with Crippen molar-refractivity contribution in [3.05, 3.63) is 89.2 Å². The molecule has 0 N–H and O–H groups in total. The summed E-state index contributed by atoms with van der Waals surface area (Å²) in [5.74, 6) is 2.52. The standard InChI is InChI=1S/C24H24N4OS2/c1-4-13-28-22(14-18-7-11-21(29-3)12-8-18)26-27-24(28)31-16-20-15-30-23(25-20)19-9-5-17(2)6-10-19/h4-12,15H,1,13-14,16H2,2-3H3. The molecular formula is C24H24N4OS2. The van der Waals surface area contributed by atoms with Crippen molar-refractivity contribution in [3.8, 4) is 16.3 Å². The van der Waals surface area contributed by atoms with Gasteiger partial charge in [-0.3, -0.25) is 0 Å². The zero-order valence-corrected chi connectivity index (χ0v) is 19.2. The van der Waals surface area contributed by atoms with Gasteiger partial charge >= 0.3 is 0 Å². The van der Waals surface area contributed by atoms with Gasteiger partial charge in [0.1, 0.15) is 16.6 Å². The van der Waals surface area contributed by atoms with Crippen molar-refractivity contribution >= 4 is 23.1 Å². The van der Waals surface area contributed by atoms with Crippen LogP contribution in [0.4, 0.5) is 0 Å². The maximum Gasteiger partial charge on any atom is 0.191 e. The van der Waals surface area contributed by atoms with Crippen LogP contribution in [0.2, 0.25) is 0 Å². The van der Waals surface area contributed by atoms with Crippen molar-refractivity contribution < 1.29 is 4.74 Å². The van der Waals surface area contributed by atoms with E-state index in [0.717, 1.165) is 44.3 Å². The third-order valence-corrected chi connectivity index (χ3v) is 6.77. The molecule has 0 spiro atoms. The topological polar surface area (TPSA) is 52.8 Å². The van der Waals surface area contributed by atoms with Crippen LogP contribution in [0, 0.1) is 6.92 Å². The highest BCUT2D eigenvalue weighted by atomic mass is 32.2. The minimum absolute atomic E-state index is 0.673. The molecule has 4 aromatic rings. The molecule has 0 unspecified atom stereocenters. The molecule has 2 aromatic heterocycles. The predicted octanol–water partition coefficient (Wildman–Crippen LogP) is 5.79. The van der Waals surface area contributed by atoms with Crippen LogP contribution < -0.4 is 4.74 Å². The van der Waals surface area contributed by atoms with Gasteiger partial charge in [0, 0.05) is 29.7 Å². The average molecular weight is 449 g/mol. The zero-order chi connectivity index (χ0) is 21.6. The van der Waals surface area contributed by atoms with Gasteiger partial charge in [0.15, 0.2) is 5.16 Å². The molecule has 0 aliphatic carbocycles. The van der Waals surface area contributed by atoms with Crippen molar-refractivity contribution in [1.29, 1.82) is 0 Å². The number of thioether (sulfide) groups is 1. The highest BCUT2D eigenvalue weighted by Gasteiger charge is 2.14. The van der Waals surface area contributed by atoms with Crippen LogP contribution in [0.3, 0.4) is 0 Å². The fourth-order valence-corrected chi connectivity index (χ4v) is 4.93. The first-order valence-electron chi connectivity index (χ1n) is 9.96. The summed E-state index contributed by atoms with van der Waals surface area (Å²) in [5.41, 5.74) is 4.62. The molecule has 0 atom stereocenters. The SMILES string of the molecule is C=CCn1c(Cc2ccc(OC)cc2)nnc1SCc1csc(-c2ccc(C)cc2)n1. The molecule has 31 heavy (non-hydrogen) atoms. The van der Waals surface area contributed by atoms with Crippen LogP contribution in [-0.2, 0) is 18.7 Å². The largest absolute Gasteiger partial charge is 0.497 e. The molecule has 4 rings (SSSR count). The number of nitrogens with zero attached hydrogens (tertiary/aromatic N) is 4. The van der Waals surface area contributed by atoms with Crippen LogP contribution in [0.5, 0.6) is 5.75 Å². The van der Waals surface area contributed by atoms with Gasteiger partial charge < -0.3 is 9.30 Å². The molecule has 2 heterocycles. The second-order valence-corrected chi connectivity index (χ2v) is 8.92. The number of benzene rings is 2. The van der Waals surface area contributed by atoms with Crippen LogP contribution in [0.25, 0.3) is 10.6 Å². The Morgan fingerprint density at radius 1 is 1.10 bits per heavy atom. The summed E-state index contributed by atoms with van der Waals surface area (Å²) in [6.45, 7) is 6.66. The highest BCUT2D eigenvalue weighted by molar-refractivity contribution is 7.98. The van der Waals surface area contributed by atoms with Crippen LogP contribution in [0.15, 0.2) is 71.7 Å². The molecule has 158 valence electrons. The lowest BCUT2D eigenvalue weighted by atomic mass is 10.1. The number of rotatable bonds is 9. The minimum atomic E-state index is 0.673. The molecule has 7 heteroatoms. The van der Waals surface area contributed by atoms with Crippen LogP contribution in [-0.4, -0.2) is 26.9 Å². The number of hydrogen-bond donors (Lipinski definition) is 0. The van der Waals surface area contributed by atoms with E-state index in [4.69, 9.17) is 9.72 Å². The molecule has 0 aliphatic rings. The lowest BCUT2D eigenvalue weighted by Gasteiger charge is -2.08. The Morgan fingerprint density at radius 2 is 1.87 bits per heavy atom. The predicted molar refractivity (Wildman–Crippen MR) is 128 cm³/mol. The molecule has 2 aromatic carbocycles. The van der Waals surface area contributed by atoms with Crippen LogP contribution in [0.1, 0.15) is 22.6 Å². The summed E-state index contributed by atoms with van der Waals surface area (Å²) >= 11 is 3.33. The lowest BCUT2D eigenvalue weighted by Crippen LogP contribution is -2.05. The summed E-state index contributed by atoms with van der Waals surface area (Å²) in [4.78, 5) is 4.80. The average Bonchev–Trinajstić information content (AvgIpc) is 3.41. The summed E-state index contributed by atoms with van der Waals surface area (Å²) < 4.78 is 7.36. The van der Waals surface area contributed by atoms with Crippen molar-refractivity contribution in [2.45, 2.75) is 30.8 Å². The van der Waals surface area contributed by atoms with Gasteiger partial charge in [-0.1, -0.05) is 59.8 Å². The second kappa shape index (κ2) is 9.94. The fraction of sp³-hybridized carbons (Fsp3) is 0.208. The van der Waals surface area contributed by atoms with Crippen LogP contribution >= 0.6 is 23.1 Å². The Bertz CT molecular complexity index is 1150. The van der Waals surface area contributed by atoms with E-state index < -0.39 is 0 Å². The highest BCUT2D eigenvalue weighted by Crippen LogP contribution is 2.28. The van der Waals surface area contributed by atoms with Crippen molar-refractivity contribution in [2.24, 2.45) is 0 Å². The Hall–Kier alpha value is -2.90. The number of allylic oxidation sites excluding steroid dienone is 1. The second-order valence-electron chi connectivity index (χ2n) is 7.12. The van der Waals surface area contributed by atoms with Gasteiger partial charge in [-0.25, -0.2) is 4.98 Å². The monoisotopic (exact) mass is 448 g/mol. The molecule has 0 amide bonds. The van der Waals surface area contributed by atoms with E-state index in [1.807, 2.05) is 18.2 Å². The summed E-state index contributed by atoms with van der Waals surface area (Å²) in [6.07, 6.45) is 2.59. The third kappa shape index (κ3) is 5.24. The number of thiazole rings is 1. The van der Waals surface area contributed by atoms with Gasteiger partial charge in [0.2, 0.25) is 0 Å². The van der Waals surface area contributed by atoms with Crippen molar-refractivity contribution in [2.75, 3.05) is 7.11 Å². The molecule has 0 fully saturated rings. The molecule has 0 aliphatic heterocycles. The lowest BCUT2D eigenvalue weighted by molar-refractivity contribution is 0.414. The fourth-order valence-electron chi connectivity index (χ4n) is 3.14. The van der Waals surface area contributed by atoms with E-state index in [1.165, 1.54) is 5.56 Å². The smallest absolute Gasteiger partial charge is 0.191 e. The number of aromatic nitrogens is 4. The van der Waals surface area contributed by atoms with Crippen molar-refractivity contribution in [3.63, 3.8) is 0 Å². The molecule has 0 saturated heterocycles. The van der Waals surface area contributed by atoms with Gasteiger partial charge in [-0.05, 0) is 24.6 Å². The molecular weight excluding hydrogens is 424 g/mol. The first kappa shape index (κ1) is 21.3. The van der Waals surface area contributed by atoms with Gasteiger partial charge in [-0.2, -0.15) is 0 Å². The summed E-state index contributed by atoms with van der Waals surface area (Å²) in [6, 6.07) is 16.5. The Balaban J connectivity index is 1.46. The molecule has 0 radical (unpaired) electrons. The number of hydrogen-bond acceptors (Lipinski definition) is 6. The maximum absolute atomic E-state index is 5.24. The van der Waals surface area contributed by atoms with E-state index >= 15 is 0 Å². The van der Waals surface area contributed by atoms with E-state index in [-0.39, 0.29) is 0 Å². The number of aryl methyl sites for hydroxylation is 1. The van der Waals surface area contributed by atoms with Gasteiger partial charge in [0.25, 0.3) is 0 Å². The number of methoxy groups -OCH3 is 1. The Kier molecular flexibility index (Phi) is 6.84. The van der Waals surface area contributed by atoms with Gasteiger partial charge in [0.05, 0.1) is 12.8 Å². The van der Waals surface area contributed by atoms with Crippen molar-refractivity contribution in [1.82, 2.24) is 19.7 Å². The van der Waals surface area contributed by atoms with Gasteiger partial charge in [-0.15, -0.1) is 28.1 Å². The Morgan fingerprint density at radius 3 is 2.58 bits per heavy atom. The van der Waals surface area contributed by atoms with E-state index in [2.05, 4.69) is 70.0 Å². The number of ether oxygens (including phenoxy) is 1. The van der Waals surface area contributed by atoms with E-state index in [0.29, 0.717) is 13.0 Å². The molecule has 0 bridgehead atoms. The molecule has 0 saturated carbocycles. The molecule has 5 nitrogen and oxygen atoms in total. The van der Waals surface area contributed by atoms with E-state index in [9.17, 15) is 0 Å². The summed E-state index contributed by atoms with van der Waals surface area (Å²) in [5, 5.41) is 12.9. The quantitative estimate of drug-likeness (QED) is 0.240. The third-order valence-electron chi connectivity index (χ3n) is 4.83. The Labute approximate surface area is 190 Å². The zero-order valence-electron chi connectivity index (χ0n) is 17.6. The normalized spacial score (nSPS) is 10.9. The first-order chi connectivity index (χ1) is 15.2. The first-order valence-corrected chi connectivity index (χ1v) is 11.8.